The molecule has 1 N–H and O–H groups in total. The first kappa shape index (κ1) is 10.3. The SMILES string of the molecule is Cc1nnnn1-c1cccc(NC2CCC2)c1. The Bertz CT molecular complexity index is 515. The zero-order valence-electron chi connectivity index (χ0n) is 9.80. The van der Waals surface area contributed by atoms with E-state index in [1.54, 1.807) is 4.68 Å². The molecule has 0 bridgehead atoms. The molecule has 1 aliphatic carbocycles. The molecule has 5 nitrogen and oxygen atoms in total. The number of hydrogen-bond acceptors (Lipinski definition) is 4. The third kappa shape index (κ3) is 2.00. The van der Waals surface area contributed by atoms with Crippen molar-refractivity contribution in [3.05, 3.63) is 30.1 Å². The first-order valence-electron chi connectivity index (χ1n) is 5.95. The molecule has 0 unspecified atom stereocenters. The zero-order chi connectivity index (χ0) is 11.7. The highest BCUT2D eigenvalue weighted by Gasteiger charge is 2.16. The molecule has 17 heavy (non-hydrogen) atoms. The molecule has 0 spiro atoms. The Kier molecular flexibility index (Phi) is 2.51. The molecular weight excluding hydrogens is 214 g/mol. The summed E-state index contributed by atoms with van der Waals surface area (Å²) < 4.78 is 1.74. The highest BCUT2D eigenvalue weighted by molar-refractivity contribution is 5.51. The van der Waals surface area contributed by atoms with Gasteiger partial charge in [0.05, 0.1) is 5.69 Å². The second-order valence-electron chi connectivity index (χ2n) is 4.46. The van der Waals surface area contributed by atoms with Crippen LogP contribution < -0.4 is 5.32 Å². The molecule has 0 amide bonds. The van der Waals surface area contributed by atoms with Crippen LogP contribution in [0.1, 0.15) is 25.1 Å². The second-order valence-corrected chi connectivity index (χ2v) is 4.46. The number of aryl methyl sites for hydroxylation is 1. The van der Waals surface area contributed by atoms with E-state index in [1.165, 1.54) is 19.3 Å². The van der Waals surface area contributed by atoms with Crippen molar-refractivity contribution in [1.29, 1.82) is 0 Å². The fourth-order valence-electron chi connectivity index (χ4n) is 1.99. The first-order valence-corrected chi connectivity index (χ1v) is 5.95. The molecule has 0 aliphatic heterocycles. The molecule has 1 heterocycles. The number of hydrogen-bond donors (Lipinski definition) is 1. The molecule has 5 heteroatoms. The monoisotopic (exact) mass is 229 g/mol. The maximum absolute atomic E-state index is 3.97. The van der Waals surface area contributed by atoms with Crippen LogP contribution in [0.4, 0.5) is 5.69 Å². The van der Waals surface area contributed by atoms with E-state index in [1.807, 2.05) is 19.1 Å². The lowest BCUT2D eigenvalue weighted by atomic mass is 9.93. The van der Waals surface area contributed by atoms with Crippen LogP contribution in [-0.2, 0) is 0 Å². The van der Waals surface area contributed by atoms with Gasteiger partial charge >= 0.3 is 0 Å². The molecule has 1 aromatic carbocycles. The summed E-state index contributed by atoms with van der Waals surface area (Å²) in [5.41, 5.74) is 2.14. The number of nitrogens with one attached hydrogen (secondary N) is 1. The maximum atomic E-state index is 3.97. The van der Waals surface area contributed by atoms with Gasteiger partial charge in [0.25, 0.3) is 0 Å². The summed E-state index contributed by atoms with van der Waals surface area (Å²) in [6.45, 7) is 1.89. The van der Waals surface area contributed by atoms with Crippen LogP contribution in [0.5, 0.6) is 0 Å². The Balaban J connectivity index is 1.85. The van der Waals surface area contributed by atoms with Gasteiger partial charge in [-0.3, -0.25) is 0 Å². The van der Waals surface area contributed by atoms with Crippen LogP contribution in [0.15, 0.2) is 24.3 Å². The van der Waals surface area contributed by atoms with Gasteiger partial charge in [0.15, 0.2) is 5.82 Å². The normalized spacial score (nSPS) is 15.6. The quantitative estimate of drug-likeness (QED) is 0.873. The molecule has 0 radical (unpaired) electrons. The largest absolute Gasteiger partial charge is 0.382 e. The van der Waals surface area contributed by atoms with Crippen molar-refractivity contribution in [3.8, 4) is 5.69 Å². The summed E-state index contributed by atoms with van der Waals surface area (Å²) in [5, 5.41) is 15.0. The van der Waals surface area contributed by atoms with Crippen molar-refractivity contribution in [1.82, 2.24) is 20.2 Å². The average molecular weight is 229 g/mol. The van der Waals surface area contributed by atoms with Gasteiger partial charge in [-0.25, -0.2) is 0 Å². The summed E-state index contributed by atoms with van der Waals surface area (Å²) in [4.78, 5) is 0. The summed E-state index contributed by atoms with van der Waals surface area (Å²) in [6.07, 6.45) is 3.88. The third-order valence-electron chi connectivity index (χ3n) is 3.19. The summed E-state index contributed by atoms with van der Waals surface area (Å²) in [6, 6.07) is 8.84. The predicted molar refractivity (Wildman–Crippen MR) is 65.2 cm³/mol. The van der Waals surface area contributed by atoms with Gasteiger partial charge in [-0.05, 0) is 54.8 Å². The molecule has 0 saturated heterocycles. The van der Waals surface area contributed by atoms with Crippen LogP contribution in [0.3, 0.4) is 0 Å². The number of nitrogens with zero attached hydrogens (tertiary/aromatic N) is 4. The van der Waals surface area contributed by atoms with Crippen LogP contribution in [0.25, 0.3) is 5.69 Å². The fraction of sp³-hybridized carbons (Fsp3) is 0.417. The molecular formula is C12H15N5. The van der Waals surface area contributed by atoms with Crippen molar-refractivity contribution in [2.45, 2.75) is 32.2 Å². The number of tetrazole rings is 1. The molecule has 1 aromatic heterocycles. The maximum Gasteiger partial charge on any atom is 0.153 e. The summed E-state index contributed by atoms with van der Waals surface area (Å²) in [7, 11) is 0. The molecule has 88 valence electrons. The highest BCUT2D eigenvalue weighted by Crippen LogP contribution is 2.24. The fourth-order valence-corrected chi connectivity index (χ4v) is 1.99. The molecule has 1 fully saturated rings. The van der Waals surface area contributed by atoms with Crippen molar-refractivity contribution >= 4 is 5.69 Å². The van der Waals surface area contributed by atoms with Crippen LogP contribution in [-0.4, -0.2) is 26.2 Å². The Morgan fingerprint density at radius 3 is 2.88 bits per heavy atom. The average Bonchev–Trinajstić information content (AvgIpc) is 2.71. The molecule has 0 atom stereocenters. The van der Waals surface area contributed by atoms with E-state index in [0.717, 1.165) is 17.2 Å². The van der Waals surface area contributed by atoms with E-state index in [4.69, 9.17) is 0 Å². The number of anilines is 1. The Labute approximate surface area is 99.8 Å². The van der Waals surface area contributed by atoms with Crippen LogP contribution >= 0.6 is 0 Å². The van der Waals surface area contributed by atoms with Crippen molar-refractivity contribution in [2.24, 2.45) is 0 Å². The second kappa shape index (κ2) is 4.16. The van der Waals surface area contributed by atoms with Crippen LogP contribution in [0.2, 0.25) is 0 Å². The lowest BCUT2D eigenvalue weighted by Crippen LogP contribution is -2.26. The Morgan fingerprint density at radius 2 is 2.24 bits per heavy atom. The first-order chi connectivity index (χ1) is 8.33. The molecule has 2 aromatic rings. The summed E-state index contributed by atoms with van der Waals surface area (Å²) >= 11 is 0. The van der Waals surface area contributed by atoms with E-state index in [9.17, 15) is 0 Å². The van der Waals surface area contributed by atoms with Gasteiger partial charge in [0, 0.05) is 11.7 Å². The van der Waals surface area contributed by atoms with Gasteiger partial charge in [0.2, 0.25) is 0 Å². The minimum absolute atomic E-state index is 0.639. The van der Waals surface area contributed by atoms with Crippen molar-refractivity contribution in [3.63, 3.8) is 0 Å². The van der Waals surface area contributed by atoms with E-state index >= 15 is 0 Å². The van der Waals surface area contributed by atoms with Gasteiger partial charge in [0.1, 0.15) is 0 Å². The van der Waals surface area contributed by atoms with Crippen molar-refractivity contribution in [2.75, 3.05) is 5.32 Å². The lowest BCUT2D eigenvalue weighted by molar-refractivity contribution is 0.445. The molecule has 1 aliphatic rings. The standard InChI is InChI=1S/C12H15N5/c1-9-14-15-16-17(9)12-7-3-6-11(8-12)13-10-4-2-5-10/h3,6-8,10,13H,2,4-5H2,1H3. The van der Waals surface area contributed by atoms with Gasteiger partial charge in [-0.1, -0.05) is 6.07 Å². The minimum atomic E-state index is 0.639. The Morgan fingerprint density at radius 1 is 1.35 bits per heavy atom. The smallest absolute Gasteiger partial charge is 0.153 e. The third-order valence-corrected chi connectivity index (χ3v) is 3.19. The van der Waals surface area contributed by atoms with Gasteiger partial charge in [-0.15, -0.1) is 5.10 Å². The van der Waals surface area contributed by atoms with Gasteiger partial charge < -0.3 is 5.32 Å². The number of benzene rings is 1. The summed E-state index contributed by atoms with van der Waals surface area (Å²) in [5.74, 6) is 0.797. The van der Waals surface area contributed by atoms with E-state index in [2.05, 4.69) is 33.0 Å². The van der Waals surface area contributed by atoms with Gasteiger partial charge in [-0.2, -0.15) is 4.68 Å². The highest BCUT2D eigenvalue weighted by atomic mass is 15.5. The van der Waals surface area contributed by atoms with E-state index in [-0.39, 0.29) is 0 Å². The predicted octanol–water partition coefficient (Wildman–Crippen LogP) is 1.94. The van der Waals surface area contributed by atoms with Crippen molar-refractivity contribution < 1.29 is 0 Å². The number of aromatic nitrogens is 4. The van der Waals surface area contributed by atoms with E-state index in [0.29, 0.717) is 6.04 Å². The number of rotatable bonds is 3. The van der Waals surface area contributed by atoms with E-state index < -0.39 is 0 Å². The zero-order valence-corrected chi connectivity index (χ0v) is 9.80. The Hall–Kier alpha value is -1.91. The molecule has 3 rings (SSSR count). The topological polar surface area (TPSA) is 55.6 Å². The molecule has 1 saturated carbocycles. The lowest BCUT2D eigenvalue weighted by Gasteiger charge is -2.27. The minimum Gasteiger partial charge on any atom is -0.382 e. The van der Waals surface area contributed by atoms with Crippen LogP contribution in [0, 0.1) is 6.92 Å².